The molecule has 158 valence electrons. The first-order valence-corrected chi connectivity index (χ1v) is 11.3. The van der Waals surface area contributed by atoms with Gasteiger partial charge in [0, 0.05) is 12.0 Å². The Morgan fingerprint density at radius 3 is 2.45 bits per heavy atom. The van der Waals surface area contributed by atoms with Gasteiger partial charge in [-0.15, -0.1) is 10.2 Å². The van der Waals surface area contributed by atoms with Crippen LogP contribution in [0.3, 0.4) is 0 Å². The number of nitrogens with zero attached hydrogens (tertiary/aromatic N) is 2. The highest BCUT2D eigenvalue weighted by molar-refractivity contribution is 7.18. The molecule has 1 aromatic heterocycles. The lowest BCUT2D eigenvalue weighted by molar-refractivity contribution is -0.127. The molecule has 2 atom stereocenters. The Morgan fingerprint density at radius 1 is 1.07 bits per heavy atom. The molecule has 0 aliphatic carbocycles. The fourth-order valence-electron chi connectivity index (χ4n) is 2.93. The lowest BCUT2D eigenvalue weighted by atomic mass is 9.98. The number of aromatic nitrogens is 2. The fraction of sp³-hybridized carbons (Fsp3) is 0.545. The monoisotopic (exact) mass is 416 g/mol. The third-order valence-corrected chi connectivity index (χ3v) is 5.91. The number of unbranched alkanes of at least 4 members (excludes halogenated alkanes) is 3. The minimum Gasteiger partial charge on any atom is -0.344 e. The van der Waals surface area contributed by atoms with Crippen molar-refractivity contribution in [1.29, 1.82) is 0 Å². The van der Waals surface area contributed by atoms with Gasteiger partial charge in [-0.3, -0.25) is 14.9 Å². The van der Waals surface area contributed by atoms with E-state index in [4.69, 9.17) is 0 Å². The largest absolute Gasteiger partial charge is 0.344 e. The van der Waals surface area contributed by atoms with Crippen molar-refractivity contribution in [3.63, 3.8) is 0 Å². The van der Waals surface area contributed by atoms with Gasteiger partial charge >= 0.3 is 0 Å². The van der Waals surface area contributed by atoms with Crippen LogP contribution in [0.1, 0.15) is 64.9 Å². The summed E-state index contributed by atoms with van der Waals surface area (Å²) in [5, 5.41) is 15.2. The van der Waals surface area contributed by atoms with Gasteiger partial charge in [0.05, 0.1) is 0 Å². The third kappa shape index (κ3) is 7.24. The molecule has 0 bridgehead atoms. The van der Waals surface area contributed by atoms with Crippen LogP contribution in [-0.2, 0) is 9.59 Å². The second-order valence-electron chi connectivity index (χ2n) is 7.51. The molecule has 6 nitrogen and oxygen atoms in total. The first-order chi connectivity index (χ1) is 13.9. The Balaban J connectivity index is 1.99. The topological polar surface area (TPSA) is 84.0 Å². The van der Waals surface area contributed by atoms with Crippen LogP contribution in [0.25, 0.3) is 10.6 Å². The molecule has 2 N–H and O–H groups in total. The molecule has 0 spiro atoms. The minimum atomic E-state index is -0.578. The van der Waals surface area contributed by atoms with Crippen molar-refractivity contribution < 1.29 is 9.59 Å². The molecule has 1 aromatic carbocycles. The zero-order valence-corrected chi connectivity index (χ0v) is 18.6. The van der Waals surface area contributed by atoms with Gasteiger partial charge < -0.3 is 5.32 Å². The van der Waals surface area contributed by atoms with E-state index < -0.39 is 6.04 Å². The van der Waals surface area contributed by atoms with Crippen molar-refractivity contribution in [3.8, 4) is 10.6 Å². The number of carbonyl (C=O) groups is 2. The SMILES string of the molecule is CCCCCCC(=O)N[C@H](C(=O)Nc1nnc(-c2ccc(C)cc2)s1)[C@H](C)CC. The molecular formula is C22H32N4O2S. The second kappa shape index (κ2) is 11.7. The van der Waals surface area contributed by atoms with Gasteiger partial charge in [0.15, 0.2) is 0 Å². The summed E-state index contributed by atoms with van der Waals surface area (Å²) in [5.41, 5.74) is 2.14. The van der Waals surface area contributed by atoms with Crippen molar-refractivity contribution in [2.75, 3.05) is 5.32 Å². The number of hydrogen-bond acceptors (Lipinski definition) is 5. The van der Waals surface area contributed by atoms with E-state index in [0.29, 0.717) is 11.6 Å². The summed E-state index contributed by atoms with van der Waals surface area (Å²) in [6, 6.07) is 7.43. The summed E-state index contributed by atoms with van der Waals surface area (Å²) in [5.74, 6) is -0.286. The van der Waals surface area contributed by atoms with E-state index >= 15 is 0 Å². The van der Waals surface area contributed by atoms with Gasteiger partial charge in [0.1, 0.15) is 11.0 Å². The summed E-state index contributed by atoms with van der Waals surface area (Å²) in [4.78, 5) is 25.1. The maximum atomic E-state index is 12.8. The molecule has 1 heterocycles. The lowest BCUT2D eigenvalue weighted by Crippen LogP contribution is -2.47. The highest BCUT2D eigenvalue weighted by Crippen LogP contribution is 2.26. The highest BCUT2D eigenvalue weighted by Gasteiger charge is 2.26. The summed E-state index contributed by atoms with van der Waals surface area (Å²) in [6.45, 7) is 8.15. The minimum absolute atomic E-state index is 0.0269. The van der Waals surface area contributed by atoms with Gasteiger partial charge in [-0.05, 0) is 19.3 Å². The quantitative estimate of drug-likeness (QED) is 0.508. The van der Waals surface area contributed by atoms with Gasteiger partial charge in [-0.1, -0.05) is 87.6 Å². The number of carbonyl (C=O) groups excluding carboxylic acids is 2. The van der Waals surface area contributed by atoms with Crippen LogP contribution in [0.4, 0.5) is 5.13 Å². The van der Waals surface area contributed by atoms with Crippen molar-refractivity contribution in [2.24, 2.45) is 5.92 Å². The average molecular weight is 417 g/mol. The van der Waals surface area contributed by atoms with E-state index in [1.807, 2.05) is 45.0 Å². The summed E-state index contributed by atoms with van der Waals surface area (Å²) >= 11 is 1.33. The van der Waals surface area contributed by atoms with Gasteiger partial charge in [-0.2, -0.15) is 0 Å². The van der Waals surface area contributed by atoms with E-state index in [9.17, 15) is 9.59 Å². The molecule has 0 saturated heterocycles. The average Bonchev–Trinajstić information content (AvgIpc) is 3.17. The Hall–Kier alpha value is -2.28. The smallest absolute Gasteiger partial charge is 0.249 e. The number of aryl methyl sites for hydroxylation is 1. The molecule has 0 unspecified atom stereocenters. The maximum Gasteiger partial charge on any atom is 0.249 e. The Morgan fingerprint density at radius 2 is 1.79 bits per heavy atom. The number of hydrogen-bond donors (Lipinski definition) is 2. The molecule has 0 aliphatic rings. The molecule has 0 radical (unpaired) electrons. The van der Waals surface area contributed by atoms with Gasteiger partial charge in [0.25, 0.3) is 0 Å². The van der Waals surface area contributed by atoms with Crippen LogP contribution >= 0.6 is 11.3 Å². The van der Waals surface area contributed by atoms with Crippen LogP contribution in [0.15, 0.2) is 24.3 Å². The predicted octanol–water partition coefficient (Wildman–Crippen LogP) is 4.95. The summed E-state index contributed by atoms with van der Waals surface area (Å²) in [6.07, 6.45) is 5.39. The normalized spacial score (nSPS) is 13.0. The molecule has 0 saturated carbocycles. The number of amides is 2. The van der Waals surface area contributed by atoms with E-state index in [1.54, 1.807) is 0 Å². The molecule has 2 amide bonds. The molecule has 2 aromatic rings. The second-order valence-corrected chi connectivity index (χ2v) is 8.49. The molecule has 0 aliphatic heterocycles. The predicted molar refractivity (Wildman–Crippen MR) is 119 cm³/mol. The molecule has 0 fully saturated rings. The lowest BCUT2D eigenvalue weighted by Gasteiger charge is -2.23. The van der Waals surface area contributed by atoms with E-state index in [0.717, 1.165) is 42.7 Å². The third-order valence-electron chi connectivity index (χ3n) is 5.02. The summed E-state index contributed by atoms with van der Waals surface area (Å²) in [7, 11) is 0. The summed E-state index contributed by atoms with van der Waals surface area (Å²) < 4.78 is 0. The molecule has 7 heteroatoms. The van der Waals surface area contributed by atoms with Gasteiger partial charge in [0.2, 0.25) is 16.9 Å². The van der Waals surface area contributed by atoms with Crippen molar-refractivity contribution in [2.45, 2.75) is 72.3 Å². The van der Waals surface area contributed by atoms with Crippen LogP contribution in [0.2, 0.25) is 0 Å². The molecule has 2 rings (SSSR count). The maximum absolute atomic E-state index is 12.8. The van der Waals surface area contributed by atoms with Crippen LogP contribution in [0.5, 0.6) is 0 Å². The highest BCUT2D eigenvalue weighted by atomic mass is 32.1. The zero-order chi connectivity index (χ0) is 21.2. The van der Waals surface area contributed by atoms with Crippen molar-refractivity contribution >= 4 is 28.3 Å². The first kappa shape index (κ1) is 23.0. The van der Waals surface area contributed by atoms with Crippen molar-refractivity contribution in [3.05, 3.63) is 29.8 Å². The van der Waals surface area contributed by atoms with E-state index in [1.165, 1.54) is 16.9 Å². The number of nitrogens with one attached hydrogen (secondary N) is 2. The van der Waals surface area contributed by atoms with E-state index in [2.05, 4.69) is 27.8 Å². The van der Waals surface area contributed by atoms with Crippen LogP contribution < -0.4 is 10.6 Å². The van der Waals surface area contributed by atoms with Crippen molar-refractivity contribution in [1.82, 2.24) is 15.5 Å². The first-order valence-electron chi connectivity index (χ1n) is 10.4. The molecule has 29 heavy (non-hydrogen) atoms. The standard InChI is InChI=1S/C22H32N4O2S/c1-5-7-8-9-10-18(27)23-19(16(4)6-2)20(28)24-22-26-25-21(29-22)17-13-11-15(3)12-14-17/h11-14,16,19H,5-10H2,1-4H3,(H,23,27)(H,24,26,28)/t16-,19+/m1/s1. The Kier molecular flexibility index (Phi) is 9.25. The van der Waals surface area contributed by atoms with Crippen LogP contribution in [-0.4, -0.2) is 28.1 Å². The fourth-order valence-corrected chi connectivity index (χ4v) is 3.68. The van der Waals surface area contributed by atoms with E-state index in [-0.39, 0.29) is 17.7 Å². The number of rotatable bonds is 11. The van der Waals surface area contributed by atoms with Gasteiger partial charge in [-0.25, -0.2) is 0 Å². The Bertz CT molecular complexity index is 788. The molecular weight excluding hydrogens is 384 g/mol. The Labute approximate surface area is 177 Å². The number of benzene rings is 1. The zero-order valence-electron chi connectivity index (χ0n) is 17.8. The number of anilines is 1. The van der Waals surface area contributed by atoms with Crippen LogP contribution in [0, 0.1) is 12.8 Å².